The van der Waals surface area contributed by atoms with Crippen molar-refractivity contribution >= 4 is 17.3 Å². The number of ether oxygens (including phenoxy) is 3. The molecule has 6 heteroatoms. The van der Waals surface area contributed by atoms with Gasteiger partial charge in [-0.3, -0.25) is 4.79 Å². The van der Waals surface area contributed by atoms with Gasteiger partial charge < -0.3 is 24.8 Å². The standard InChI is InChI=1S/C18H22N2O4/c1-12(21)20-15-8-6-14(7-9-15)19-11-13-5-10-16(22-2)18(24-4)17(13)23-3/h5-10,19H,11H2,1-4H3,(H,20,21). The zero-order chi connectivity index (χ0) is 17.5. The summed E-state index contributed by atoms with van der Waals surface area (Å²) in [7, 11) is 4.77. The number of rotatable bonds is 7. The van der Waals surface area contributed by atoms with Crippen molar-refractivity contribution in [3.8, 4) is 17.2 Å². The molecule has 2 aromatic rings. The van der Waals surface area contributed by atoms with Crippen molar-refractivity contribution in [3.05, 3.63) is 42.0 Å². The lowest BCUT2D eigenvalue weighted by atomic mass is 10.1. The van der Waals surface area contributed by atoms with Crippen LogP contribution >= 0.6 is 0 Å². The van der Waals surface area contributed by atoms with E-state index < -0.39 is 0 Å². The fraction of sp³-hybridized carbons (Fsp3) is 0.278. The maximum atomic E-state index is 11.0. The van der Waals surface area contributed by atoms with Gasteiger partial charge in [0.1, 0.15) is 0 Å². The normalized spacial score (nSPS) is 10.0. The molecule has 0 aliphatic heterocycles. The third kappa shape index (κ3) is 4.10. The molecule has 2 rings (SSSR count). The summed E-state index contributed by atoms with van der Waals surface area (Å²) >= 11 is 0. The topological polar surface area (TPSA) is 68.8 Å². The lowest BCUT2D eigenvalue weighted by Gasteiger charge is -2.16. The molecule has 6 nitrogen and oxygen atoms in total. The monoisotopic (exact) mass is 330 g/mol. The molecule has 0 radical (unpaired) electrons. The van der Waals surface area contributed by atoms with E-state index in [2.05, 4.69) is 10.6 Å². The Balaban J connectivity index is 2.12. The van der Waals surface area contributed by atoms with Crippen molar-refractivity contribution in [1.82, 2.24) is 0 Å². The Kier molecular flexibility index (Phi) is 5.89. The molecule has 0 saturated carbocycles. The molecule has 0 heterocycles. The van der Waals surface area contributed by atoms with E-state index in [1.54, 1.807) is 21.3 Å². The van der Waals surface area contributed by atoms with Crippen molar-refractivity contribution < 1.29 is 19.0 Å². The first-order valence-electron chi connectivity index (χ1n) is 7.48. The van der Waals surface area contributed by atoms with Gasteiger partial charge in [0, 0.05) is 30.4 Å². The first kappa shape index (κ1) is 17.5. The first-order valence-corrected chi connectivity index (χ1v) is 7.48. The maximum Gasteiger partial charge on any atom is 0.221 e. The number of methoxy groups -OCH3 is 3. The van der Waals surface area contributed by atoms with Crippen LogP contribution in [0.5, 0.6) is 17.2 Å². The molecule has 0 aromatic heterocycles. The number of anilines is 2. The lowest BCUT2D eigenvalue weighted by Crippen LogP contribution is -2.06. The molecular formula is C18H22N2O4. The highest BCUT2D eigenvalue weighted by molar-refractivity contribution is 5.88. The van der Waals surface area contributed by atoms with Gasteiger partial charge >= 0.3 is 0 Å². The molecule has 0 unspecified atom stereocenters. The quantitative estimate of drug-likeness (QED) is 0.815. The van der Waals surface area contributed by atoms with Gasteiger partial charge in [-0.05, 0) is 36.4 Å². The van der Waals surface area contributed by atoms with Crippen LogP contribution in [-0.4, -0.2) is 27.2 Å². The average molecular weight is 330 g/mol. The van der Waals surface area contributed by atoms with E-state index in [0.29, 0.717) is 23.8 Å². The first-order chi connectivity index (χ1) is 11.6. The second kappa shape index (κ2) is 8.10. The summed E-state index contributed by atoms with van der Waals surface area (Å²) in [6.45, 7) is 2.04. The van der Waals surface area contributed by atoms with Gasteiger partial charge in [0.2, 0.25) is 11.7 Å². The highest BCUT2D eigenvalue weighted by atomic mass is 16.5. The fourth-order valence-electron chi connectivity index (χ4n) is 2.37. The van der Waals surface area contributed by atoms with Gasteiger partial charge in [-0.2, -0.15) is 0 Å². The number of carbonyl (C=O) groups excluding carboxylic acids is 1. The summed E-state index contributed by atoms with van der Waals surface area (Å²) in [6, 6.07) is 11.3. The van der Waals surface area contributed by atoms with Crippen molar-refractivity contribution in [2.75, 3.05) is 32.0 Å². The summed E-state index contributed by atoms with van der Waals surface area (Å²) in [5.41, 5.74) is 2.64. The zero-order valence-corrected chi connectivity index (χ0v) is 14.3. The Morgan fingerprint density at radius 1 is 0.875 bits per heavy atom. The van der Waals surface area contributed by atoms with Gasteiger partial charge in [0.25, 0.3) is 0 Å². The van der Waals surface area contributed by atoms with Gasteiger partial charge in [-0.25, -0.2) is 0 Å². The molecule has 0 aliphatic rings. The van der Waals surface area contributed by atoms with E-state index in [-0.39, 0.29) is 5.91 Å². The van der Waals surface area contributed by atoms with E-state index in [1.165, 1.54) is 6.92 Å². The van der Waals surface area contributed by atoms with Gasteiger partial charge in [0.05, 0.1) is 21.3 Å². The summed E-state index contributed by atoms with van der Waals surface area (Å²) in [6.07, 6.45) is 0. The third-order valence-electron chi connectivity index (χ3n) is 3.47. The van der Waals surface area contributed by atoms with Crippen LogP contribution in [0.25, 0.3) is 0 Å². The van der Waals surface area contributed by atoms with Crippen LogP contribution in [0, 0.1) is 0 Å². The van der Waals surface area contributed by atoms with Crippen LogP contribution in [0.1, 0.15) is 12.5 Å². The molecule has 2 N–H and O–H groups in total. The van der Waals surface area contributed by atoms with Crippen molar-refractivity contribution in [2.24, 2.45) is 0 Å². The molecular weight excluding hydrogens is 308 g/mol. The average Bonchev–Trinajstić information content (AvgIpc) is 2.59. The predicted molar refractivity (Wildman–Crippen MR) is 94.2 cm³/mol. The fourth-order valence-corrected chi connectivity index (χ4v) is 2.37. The molecule has 0 fully saturated rings. The molecule has 0 spiro atoms. The number of hydrogen-bond donors (Lipinski definition) is 2. The predicted octanol–water partition coefficient (Wildman–Crippen LogP) is 3.28. The molecule has 1 amide bonds. The second-order valence-corrected chi connectivity index (χ2v) is 5.11. The van der Waals surface area contributed by atoms with Crippen LogP contribution in [0.2, 0.25) is 0 Å². The smallest absolute Gasteiger partial charge is 0.221 e. The number of carbonyl (C=O) groups is 1. The maximum absolute atomic E-state index is 11.0. The van der Waals surface area contributed by atoms with E-state index in [4.69, 9.17) is 14.2 Å². The Labute approximate surface area is 141 Å². The molecule has 2 aromatic carbocycles. The van der Waals surface area contributed by atoms with Crippen molar-refractivity contribution in [3.63, 3.8) is 0 Å². The molecule has 0 atom stereocenters. The second-order valence-electron chi connectivity index (χ2n) is 5.11. The van der Waals surface area contributed by atoms with E-state index >= 15 is 0 Å². The third-order valence-corrected chi connectivity index (χ3v) is 3.47. The minimum absolute atomic E-state index is 0.0919. The largest absolute Gasteiger partial charge is 0.493 e. The minimum Gasteiger partial charge on any atom is -0.493 e. The molecule has 0 saturated heterocycles. The number of nitrogens with one attached hydrogen (secondary N) is 2. The highest BCUT2D eigenvalue weighted by Gasteiger charge is 2.15. The zero-order valence-electron chi connectivity index (χ0n) is 14.3. The van der Waals surface area contributed by atoms with Crippen LogP contribution in [0.3, 0.4) is 0 Å². The van der Waals surface area contributed by atoms with E-state index in [1.807, 2.05) is 36.4 Å². The van der Waals surface area contributed by atoms with E-state index in [0.717, 1.165) is 16.9 Å². The Hall–Kier alpha value is -2.89. The summed E-state index contributed by atoms with van der Waals surface area (Å²) in [5.74, 6) is 1.74. The van der Waals surface area contributed by atoms with Gasteiger partial charge in [-0.15, -0.1) is 0 Å². The molecule has 0 bridgehead atoms. The van der Waals surface area contributed by atoms with Gasteiger partial charge in [0.15, 0.2) is 11.5 Å². The van der Waals surface area contributed by atoms with Crippen LogP contribution in [0.4, 0.5) is 11.4 Å². The number of benzene rings is 2. The van der Waals surface area contributed by atoms with Crippen molar-refractivity contribution in [1.29, 1.82) is 0 Å². The van der Waals surface area contributed by atoms with Crippen LogP contribution in [-0.2, 0) is 11.3 Å². The van der Waals surface area contributed by atoms with Gasteiger partial charge in [-0.1, -0.05) is 0 Å². The van der Waals surface area contributed by atoms with Crippen LogP contribution < -0.4 is 24.8 Å². The molecule has 0 aliphatic carbocycles. The highest BCUT2D eigenvalue weighted by Crippen LogP contribution is 2.39. The SMILES string of the molecule is COc1ccc(CNc2ccc(NC(C)=O)cc2)c(OC)c1OC. The van der Waals surface area contributed by atoms with E-state index in [9.17, 15) is 4.79 Å². The Morgan fingerprint density at radius 2 is 1.50 bits per heavy atom. The summed E-state index contributed by atoms with van der Waals surface area (Å²) in [5, 5.41) is 6.05. The summed E-state index contributed by atoms with van der Waals surface area (Å²) in [4.78, 5) is 11.0. The van der Waals surface area contributed by atoms with Crippen LogP contribution in [0.15, 0.2) is 36.4 Å². The molecule has 24 heavy (non-hydrogen) atoms. The van der Waals surface area contributed by atoms with Crippen molar-refractivity contribution in [2.45, 2.75) is 13.5 Å². The Bertz CT molecular complexity index is 699. The minimum atomic E-state index is -0.0919. The summed E-state index contributed by atoms with van der Waals surface area (Å²) < 4.78 is 16.1. The Morgan fingerprint density at radius 3 is 2.04 bits per heavy atom. The number of hydrogen-bond acceptors (Lipinski definition) is 5. The lowest BCUT2D eigenvalue weighted by molar-refractivity contribution is -0.114. The molecule has 128 valence electrons. The number of amides is 1.